The number of halogens is 3. The van der Waals surface area contributed by atoms with Crippen molar-refractivity contribution in [3.05, 3.63) is 71.4 Å². The molecule has 0 spiro atoms. The fourth-order valence-corrected chi connectivity index (χ4v) is 2.82. The summed E-state index contributed by atoms with van der Waals surface area (Å²) < 4.78 is 37.7. The molecule has 3 rings (SSSR count). The van der Waals surface area contributed by atoms with E-state index in [1.54, 1.807) is 6.20 Å². The molecule has 7 heteroatoms. The van der Waals surface area contributed by atoms with Crippen LogP contribution in [0.25, 0.3) is 10.9 Å². The normalized spacial score (nSPS) is 13.0. The molecule has 3 aromatic rings. The van der Waals surface area contributed by atoms with E-state index >= 15 is 0 Å². The van der Waals surface area contributed by atoms with Crippen LogP contribution in [0.5, 0.6) is 0 Å². The predicted octanol–water partition coefficient (Wildman–Crippen LogP) is 3.97. The van der Waals surface area contributed by atoms with Crippen molar-refractivity contribution in [1.82, 2.24) is 10.3 Å². The van der Waals surface area contributed by atoms with E-state index in [-0.39, 0.29) is 13.0 Å². The fraction of sp³-hybridized carbons (Fsp3) is 0.211. The Labute approximate surface area is 147 Å². The molecule has 4 nitrogen and oxygen atoms in total. The zero-order valence-electron chi connectivity index (χ0n) is 13.7. The molecule has 0 radical (unpaired) electrons. The summed E-state index contributed by atoms with van der Waals surface area (Å²) >= 11 is 0. The quantitative estimate of drug-likeness (QED) is 0.622. The van der Waals surface area contributed by atoms with E-state index < -0.39 is 23.8 Å². The van der Waals surface area contributed by atoms with Gasteiger partial charge in [0.15, 0.2) is 0 Å². The van der Waals surface area contributed by atoms with Gasteiger partial charge in [0.05, 0.1) is 5.56 Å². The van der Waals surface area contributed by atoms with Crippen LogP contribution in [0, 0.1) is 0 Å². The molecule has 3 N–H and O–H groups in total. The minimum absolute atomic E-state index is 0.164. The van der Waals surface area contributed by atoms with Crippen molar-refractivity contribution in [1.29, 1.82) is 0 Å². The Morgan fingerprint density at radius 3 is 2.46 bits per heavy atom. The lowest BCUT2D eigenvalue weighted by molar-refractivity contribution is -0.139. The molecule has 0 aliphatic carbocycles. The van der Waals surface area contributed by atoms with Gasteiger partial charge >= 0.3 is 12.1 Å². The first kappa shape index (κ1) is 18.0. The van der Waals surface area contributed by atoms with E-state index in [0.29, 0.717) is 5.56 Å². The third-order valence-electron chi connectivity index (χ3n) is 4.23. The second-order valence-corrected chi connectivity index (χ2v) is 6.03. The molecule has 1 atom stereocenters. The Hall–Kier alpha value is -2.80. The molecular weight excluding hydrogens is 345 g/mol. The van der Waals surface area contributed by atoms with Gasteiger partial charge in [-0.3, -0.25) is 4.79 Å². The number of rotatable bonds is 6. The van der Waals surface area contributed by atoms with Gasteiger partial charge in [0.1, 0.15) is 6.04 Å². The van der Waals surface area contributed by atoms with Gasteiger partial charge in [-0.15, -0.1) is 0 Å². The summed E-state index contributed by atoms with van der Waals surface area (Å²) in [4.78, 5) is 14.6. The van der Waals surface area contributed by atoms with Crippen LogP contribution in [0.2, 0.25) is 0 Å². The number of para-hydroxylation sites is 1. The summed E-state index contributed by atoms with van der Waals surface area (Å²) in [7, 11) is 0. The highest BCUT2D eigenvalue weighted by molar-refractivity contribution is 5.84. The Kier molecular flexibility index (Phi) is 4.99. The van der Waals surface area contributed by atoms with Crippen LogP contribution in [0.4, 0.5) is 13.2 Å². The number of alkyl halides is 3. The Morgan fingerprint density at radius 1 is 1.12 bits per heavy atom. The van der Waals surface area contributed by atoms with Gasteiger partial charge in [-0.2, -0.15) is 13.2 Å². The lowest BCUT2D eigenvalue weighted by Gasteiger charge is -2.15. The summed E-state index contributed by atoms with van der Waals surface area (Å²) in [6, 6.07) is 11.4. The monoisotopic (exact) mass is 362 g/mol. The number of hydrogen-bond acceptors (Lipinski definition) is 2. The minimum atomic E-state index is -4.38. The number of aliphatic carboxylic acids is 1. The van der Waals surface area contributed by atoms with Crippen LogP contribution < -0.4 is 5.32 Å². The largest absolute Gasteiger partial charge is 0.480 e. The molecule has 0 amide bonds. The van der Waals surface area contributed by atoms with Crippen LogP contribution in [-0.2, 0) is 23.9 Å². The van der Waals surface area contributed by atoms with Gasteiger partial charge < -0.3 is 15.4 Å². The number of nitrogens with one attached hydrogen (secondary N) is 2. The molecule has 0 saturated heterocycles. The first-order valence-electron chi connectivity index (χ1n) is 8.02. The highest BCUT2D eigenvalue weighted by Gasteiger charge is 2.30. The highest BCUT2D eigenvalue weighted by Crippen LogP contribution is 2.29. The first-order valence-corrected chi connectivity index (χ1v) is 8.02. The van der Waals surface area contributed by atoms with Gasteiger partial charge in [-0.1, -0.05) is 30.3 Å². The second-order valence-electron chi connectivity index (χ2n) is 6.03. The third kappa shape index (κ3) is 4.05. The molecule has 0 saturated carbocycles. The van der Waals surface area contributed by atoms with Crippen LogP contribution in [0.15, 0.2) is 54.7 Å². The first-order chi connectivity index (χ1) is 12.3. The van der Waals surface area contributed by atoms with Gasteiger partial charge in [0.2, 0.25) is 0 Å². The van der Waals surface area contributed by atoms with Crippen molar-refractivity contribution in [3.63, 3.8) is 0 Å². The van der Waals surface area contributed by atoms with Crippen LogP contribution in [-0.4, -0.2) is 22.1 Å². The summed E-state index contributed by atoms with van der Waals surface area (Å²) in [6.45, 7) is 0.164. The fourth-order valence-electron chi connectivity index (χ4n) is 2.82. The zero-order valence-corrected chi connectivity index (χ0v) is 13.7. The van der Waals surface area contributed by atoms with Gasteiger partial charge in [0, 0.05) is 30.1 Å². The predicted molar refractivity (Wildman–Crippen MR) is 91.7 cm³/mol. The second kappa shape index (κ2) is 7.21. The summed E-state index contributed by atoms with van der Waals surface area (Å²) in [5.74, 6) is -1.01. The van der Waals surface area contributed by atoms with Crippen LogP contribution >= 0.6 is 0 Å². The molecule has 0 aliphatic rings. The van der Waals surface area contributed by atoms with Crippen molar-refractivity contribution in [2.24, 2.45) is 0 Å². The van der Waals surface area contributed by atoms with E-state index in [2.05, 4.69) is 10.3 Å². The zero-order chi connectivity index (χ0) is 18.7. The topological polar surface area (TPSA) is 65.1 Å². The van der Waals surface area contributed by atoms with Gasteiger partial charge in [-0.05, 0) is 29.3 Å². The van der Waals surface area contributed by atoms with Crippen molar-refractivity contribution in [3.8, 4) is 0 Å². The standard InChI is InChI=1S/C19H17F3N2O2/c20-19(21,22)14-7-5-12(6-8-14)10-23-17(18(25)26)9-13-11-24-16-4-2-1-3-15(13)16/h1-8,11,17,23-24H,9-10H2,(H,25,26)/t17-/m0/s1. The average Bonchev–Trinajstić information content (AvgIpc) is 3.01. The van der Waals surface area contributed by atoms with Crippen molar-refractivity contribution >= 4 is 16.9 Å². The minimum Gasteiger partial charge on any atom is -0.480 e. The van der Waals surface area contributed by atoms with Crippen molar-refractivity contribution in [2.45, 2.75) is 25.2 Å². The molecule has 1 aromatic heterocycles. The van der Waals surface area contributed by atoms with E-state index in [9.17, 15) is 23.1 Å². The Morgan fingerprint density at radius 2 is 1.81 bits per heavy atom. The van der Waals surface area contributed by atoms with Crippen molar-refractivity contribution < 1.29 is 23.1 Å². The Balaban J connectivity index is 1.68. The molecule has 26 heavy (non-hydrogen) atoms. The number of hydrogen-bond donors (Lipinski definition) is 3. The third-order valence-corrected chi connectivity index (χ3v) is 4.23. The molecule has 0 unspecified atom stereocenters. The Bertz CT molecular complexity index is 901. The summed E-state index contributed by atoms with van der Waals surface area (Å²) in [5, 5.41) is 13.3. The average molecular weight is 362 g/mol. The lowest BCUT2D eigenvalue weighted by atomic mass is 10.0. The van der Waals surface area contributed by atoms with Gasteiger partial charge in [0.25, 0.3) is 0 Å². The summed E-state index contributed by atoms with van der Waals surface area (Å²) in [5.41, 5.74) is 1.65. The number of carboxylic acid groups (broad SMARTS) is 1. The van der Waals surface area contributed by atoms with Gasteiger partial charge in [-0.25, -0.2) is 0 Å². The smallest absolute Gasteiger partial charge is 0.416 e. The molecule has 0 aliphatic heterocycles. The van der Waals surface area contributed by atoms with Crippen LogP contribution in [0.1, 0.15) is 16.7 Å². The number of carboxylic acids is 1. The molecule has 2 aromatic carbocycles. The SMILES string of the molecule is O=C(O)[C@H](Cc1c[nH]c2ccccc12)NCc1ccc(C(F)(F)F)cc1. The number of aromatic nitrogens is 1. The molecule has 0 fully saturated rings. The summed E-state index contributed by atoms with van der Waals surface area (Å²) in [6.07, 6.45) is -2.34. The number of benzene rings is 2. The molecular formula is C19H17F3N2O2. The molecule has 1 heterocycles. The number of fused-ring (bicyclic) bond motifs is 1. The lowest BCUT2D eigenvalue weighted by Crippen LogP contribution is -2.38. The number of carbonyl (C=O) groups is 1. The maximum atomic E-state index is 12.6. The van der Waals surface area contributed by atoms with E-state index in [1.165, 1.54) is 12.1 Å². The van der Waals surface area contributed by atoms with E-state index in [0.717, 1.165) is 28.6 Å². The van der Waals surface area contributed by atoms with Crippen molar-refractivity contribution in [2.75, 3.05) is 0 Å². The molecule has 136 valence electrons. The highest BCUT2D eigenvalue weighted by atomic mass is 19.4. The van der Waals surface area contributed by atoms with E-state index in [4.69, 9.17) is 0 Å². The maximum absolute atomic E-state index is 12.6. The number of H-pyrrole nitrogens is 1. The van der Waals surface area contributed by atoms with E-state index in [1.807, 2.05) is 24.3 Å². The maximum Gasteiger partial charge on any atom is 0.416 e. The molecule has 0 bridgehead atoms. The number of aromatic amines is 1. The van der Waals surface area contributed by atoms with Crippen LogP contribution in [0.3, 0.4) is 0 Å².